The predicted octanol–water partition coefficient (Wildman–Crippen LogP) is 2.37. The number of aliphatic hydroxyl groups excluding tert-OH is 1. The van der Waals surface area contributed by atoms with Crippen molar-refractivity contribution < 1.29 is 85.3 Å². The molecular formula is C20H36F9NO10SSi. The predicted molar refractivity (Wildman–Crippen MR) is 128 cm³/mol. The van der Waals surface area contributed by atoms with E-state index in [1.54, 1.807) is 0 Å². The second-order valence-corrected chi connectivity index (χ2v) is 13.3. The molecule has 0 amide bonds. The van der Waals surface area contributed by atoms with Crippen molar-refractivity contribution >= 4 is 18.8 Å². The zero-order valence-corrected chi connectivity index (χ0v) is 25.1. The van der Waals surface area contributed by atoms with Gasteiger partial charge in [0.15, 0.2) is 0 Å². The van der Waals surface area contributed by atoms with Crippen LogP contribution in [0.15, 0.2) is 0 Å². The van der Waals surface area contributed by atoms with Crippen molar-refractivity contribution in [2.24, 2.45) is 0 Å². The van der Waals surface area contributed by atoms with Crippen LogP contribution >= 0.6 is 0 Å². The molecule has 0 fully saturated rings. The highest BCUT2D eigenvalue weighted by molar-refractivity contribution is 7.90. The second-order valence-electron chi connectivity index (χ2n) is 8.49. The second kappa shape index (κ2) is 17.6. The molecule has 0 spiro atoms. The first kappa shape index (κ1) is 41.2. The molecule has 22 heteroatoms. The Bertz CT molecular complexity index is 845. The molecule has 1 atom stereocenters. The number of methoxy groups -OCH3 is 3. The molecule has 0 aromatic carbocycles. The van der Waals surface area contributed by atoms with Crippen LogP contribution in [0.5, 0.6) is 0 Å². The van der Waals surface area contributed by atoms with E-state index < -0.39 is 65.7 Å². The van der Waals surface area contributed by atoms with Gasteiger partial charge in [-0.1, -0.05) is 0 Å². The average Bonchev–Trinajstić information content (AvgIpc) is 2.87. The van der Waals surface area contributed by atoms with Crippen molar-refractivity contribution in [1.82, 2.24) is 4.31 Å². The number of likely N-dealkylation sites (N-methyl/N-ethyl adjacent to an activating group) is 1. The number of halogens is 9. The molecule has 1 unspecified atom stereocenters. The monoisotopic (exact) mass is 681 g/mol. The maximum atomic E-state index is 14.0. The Morgan fingerprint density at radius 1 is 0.738 bits per heavy atom. The molecule has 42 heavy (non-hydrogen) atoms. The molecule has 0 aliphatic carbocycles. The van der Waals surface area contributed by atoms with E-state index in [0.29, 0.717) is 0 Å². The van der Waals surface area contributed by atoms with E-state index in [9.17, 15) is 53.0 Å². The van der Waals surface area contributed by atoms with Gasteiger partial charge in [0, 0.05) is 47.6 Å². The van der Waals surface area contributed by atoms with Crippen molar-refractivity contribution in [3.05, 3.63) is 0 Å². The first-order valence-electron chi connectivity index (χ1n) is 12.0. The molecule has 1 N–H and O–H groups in total. The lowest BCUT2D eigenvalue weighted by Crippen LogP contribution is -2.65. The van der Waals surface area contributed by atoms with Crippen LogP contribution in [0.1, 0.15) is 6.42 Å². The van der Waals surface area contributed by atoms with Crippen molar-refractivity contribution in [1.29, 1.82) is 0 Å². The molecule has 0 aliphatic heterocycles. The zero-order chi connectivity index (χ0) is 32.9. The number of nitrogens with zero attached hydrogens (tertiary/aromatic N) is 1. The highest BCUT2D eigenvalue weighted by Crippen LogP contribution is 2.55. The van der Waals surface area contributed by atoms with Crippen molar-refractivity contribution in [3.63, 3.8) is 0 Å². The van der Waals surface area contributed by atoms with Crippen LogP contribution in [0.3, 0.4) is 0 Å². The summed E-state index contributed by atoms with van der Waals surface area (Å²) in [7, 11) is -5.71. The molecular weight excluding hydrogens is 645 g/mol. The van der Waals surface area contributed by atoms with E-state index in [-0.39, 0.29) is 65.8 Å². The summed E-state index contributed by atoms with van der Waals surface area (Å²) in [6, 6.07) is 0.142. The van der Waals surface area contributed by atoms with Crippen LogP contribution in [0.25, 0.3) is 0 Å². The molecule has 0 bridgehead atoms. The summed E-state index contributed by atoms with van der Waals surface area (Å²) < 4.78 is 179. The van der Waals surface area contributed by atoms with Crippen molar-refractivity contribution in [3.8, 4) is 0 Å². The van der Waals surface area contributed by atoms with Gasteiger partial charge >= 0.3 is 32.1 Å². The number of sulfonamides is 1. The van der Waals surface area contributed by atoms with Gasteiger partial charge in [-0.05, 0) is 6.42 Å². The highest BCUT2D eigenvalue weighted by atomic mass is 32.2. The maximum absolute atomic E-state index is 14.0. The summed E-state index contributed by atoms with van der Waals surface area (Å²) in [5.41, 5.74) is 0. The summed E-state index contributed by atoms with van der Waals surface area (Å²) in [6.07, 6.45) is -9.02. The topological polar surface area (TPSA) is 122 Å². The third-order valence-electron chi connectivity index (χ3n) is 5.23. The van der Waals surface area contributed by atoms with Crippen LogP contribution in [0.4, 0.5) is 39.5 Å². The zero-order valence-electron chi connectivity index (χ0n) is 23.2. The Balaban J connectivity index is 5.24. The van der Waals surface area contributed by atoms with Gasteiger partial charge in [-0.3, -0.25) is 0 Å². The molecule has 0 saturated heterocycles. The quantitative estimate of drug-likeness (QED) is 0.0924. The normalized spacial score (nSPS) is 15.0. The molecule has 254 valence electrons. The van der Waals surface area contributed by atoms with Gasteiger partial charge in [-0.2, -0.15) is 43.8 Å². The first-order chi connectivity index (χ1) is 19.2. The van der Waals surface area contributed by atoms with Gasteiger partial charge < -0.3 is 37.3 Å². The summed E-state index contributed by atoms with van der Waals surface area (Å²) in [5, 5.41) is 3.02. The smallest absolute Gasteiger partial charge is 0.389 e. The minimum absolute atomic E-state index is 0.0989. The van der Waals surface area contributed by atoms with Crippen LogP contribution < -0.4 is 0 Å². The van der Waals surface area contributed by atoms with E-state index in [1.165, 1.54) is 21.3 Å². The van der Waals surface area contributed by atoms with E-state index >= 15 is 0 Å². The Hall–Kier alpha value is -0.823. The van der Waals surface area contributed by atoms with Crippen molar-refractivity contribution in [2.75, 3.05) is 87.8 Å². The fraction of sp³-hybridized carbons (Fsp3) is 1.00. The molecule has 0 aromatic rings. The summed E-state index contributed by atoms with van der Waals surface area (Å²) in [5.74, 6) is -14.8. The standard InChI is InChI=1S/C20H36F9NO10SSi/c1-30(41(32,33)20(28,29)18(23,24)17(21,22)19(25,26)27)14-16(31)15-37-6-5-13-42(38-10-7-34-2,39-11-8-35-3)40-12-9-36-4/h16,31H,5-15H2,1-4H3. The lowest BCUT2D eigenvalue weighted by atomic mass is 10.1. The minimum Gasteiger partial charge on any atom is -0.389 e. The molecule has 0 radical (unpaired) electrons. The number of ether oxygens (including phenoxy) is 4. The molecule has 0 heterocycles. The largest absolute Gasteiger partial charge is 0.501 e. The van der Waals surface area contributed by atoms with Crippen LogP contribution in [-0.2, 0) is 42.2 Å². The number of aliphatic hydroxyl groups is 1. The van der Waals surface area contributed by atoms with Gasteiger partial charge in [0.2, 0.25) is 0 Å². The van der Waals surface area contributed by atoms with E-state index in [1.807, 2.05) is 0 Å². The number of alkyl halides is 9. The number of rotatable bonds is 24. The van der Waals surface area contributed by atoms with Gasteiger partial charge in [0.1, 0.15) is 0 Å². The lowest BCUT2D eigenvalue weighted by molar-refractivity contribution is -0.382. The molecule has 11 nitrogen and oxygen atoms in total. The molecule has 0 aliphatic rings. The number of hydrogen-bond donors (Lipinski definition) is 1. The third-order valence-corrected chi connectivity index (χ3v) is 10.0. The lowest BCUT2D eigenvalue weighted by Gasteiger charge is -2.35. The van der Waals surface area contributed by atoms with E-state index in [0.717, 1.165) is 0 Å². The highest BCUT2D eigenvalue weighted by Gasteiger charge is 2.85. The van der Waals surface area contributed by atoms with Gasteiger partial charge in [0.05, 0.1) is 52.4 Å². The molecule has 0 aromatic heterocycles. The average molecular weight is 682 g/mol. The van der Waals surface area contributed by atoms with Crippen LogP contribution in [0.2, 0.25) is 6.04 Å². The fourth-order valence-corrected chi connectivity index (χ4v) is 6.61. The Kier molecular flexibility index (Phi) is 17.3. The molecule has 0 rings (SSSR count). The van der Waals surface area contributed by atoms with E-state index in [4.69, 9.17) is 32.2 Å². The summed E-state index contributed by atoms with van der Waals surface area (Å²) in [4.78, 5) is 0. The molecule has 0 saturated carbocycles. The number of hydrogen-bond acceptors (Lipinski definition) is 10. The SMILES string of the molecule is COCCO[Si](CCCOCC(O)CN(C)S(=O)(=O)C(F)(F)C(F)(F)C(F)(F)C(F)(F)F)(OCCOC)OCCOC. The first-order valence-corrected chi connectivity index (χ1v) is 15.4. The van der Waals surface area contributed by atoms with Gasteiger partial charge in [0.25, 0.3) is 10.0 Å². The van der Waals surface area contributed by atoms with Gasteiger partial charge in [-0.25, -0.2) is 8.42 Å². The van der Waals surface area contributed by atoms with Crippen molar-refractivity contribution in [2.45, 2.75) is 41.8 Å². The van der Waals surface area contributed by atoms with Gasteiger partial charge in [-0.15, -0.1) is 0 Å². The summed E-state index contributed by atoms with van der Waals surface area (Å²) in [6.45, 7) is -1.45. The maximum Gasteiger partial charge on any atom is 0.501 e. The Morgan fingerprint density at radius 2 is 1.17 bits per heavy atom. The Morgan fingerprint density at radius 3 is 1.55 bits per heavy atom. The van der Waals surface area contributed by atoms with E-state index in [2.05, 4.69) is 0 Å². The minimum atomic E-state index is -7.40. The van der Waals surface area contributed by atoms with Crippen LogP contribution in [-0.4, -0.2) is 144 Å². The van der Waals surface area contributed by atoms with Crippen LogP contribution in [0, 0.1) is 0 Å². The summed E-state index contributed by atoms with van der Waals surface area (Å²) >= 11 is 0. The fourth-order valence-electron chi connectivity index (χ4n) is 2.96. The third kappa shape index (κ3) is 11.0. The Labute approximate surface area is 238 Å².